The van der Waals surface area contributed by atoms with Gasteiger partial charge < -0.3 is 4.98 Å². The van der Waals surface area contributed by atoms with Gasteiger partial charge in [0.15, 0.2) is 6.29 Å². The molecule has 0 aliphatic rings. The molecule has 0 unspecified atom stereocenters. The van der Waals surface area contributed by atoms with Crippen molar-refractivity contribution < 1.29 is 18.0 Å². The monoisotopic (exact) mass is 367 g/mol. The molecule has 0 bridgehead atoms. The summed E-state index contributed by atoms with van der Waals surface area (Å²) in [6.07, 6.45) is -3.67. The van der Waals surface area contributed by atoms with E-state index in [1.165, 1.54) is 12.1 Å². The molecule has 0 amide bonds. The maximum atomic E-state index is 12.6. The lowest BCUT2D eigenvalue weighted by Gasteiger charge is -2.07. The van der Waals surface area contributed by atoms with Crippen LogP contribution in [0, 0.1) is 0 Å². The van der Waals surface area contributed by atoms with Crippen LogP contribution in [0.4, 0.5) is 13.2 Å². The smallest absolute Gasteiger partial charge is 0.353 e. The second-order valence-corrected chi connectivity index (χ2v) is 5.62. The molecule has 3 rings (SSSR count). The van der Waals surface area contributed by atoms with Crippen molar-refractivity contribution in [1.82, 2.24) is 4.98 Å². The minimum atomic E-state index is -4.38. The minimum absolute atomic E-state index is 0.427. The fraction of sp³-hybridized carbons (Fsp3) is 0.0625. The molecule has 0 atom stereocenters. The summed E-state index contributed by atoms with van der Waals surface area (Å²) < 4.78 is 38.6. The predicted octanol–water partition coefficient (Wildman–Crippen LogP) is 5.43. The largest absolute Gasteiger partial charge is 0.416 e. The number of hydrogen-bond acceptors (Lipinski definition) is 1. The molecule has 0 radical (unpaired) electrons. The third-order valence-corrected chi connectivity index (χ3v) is 4.10. The van der Waals surface area contributed by atoms with Gasteiger partial charge in [-0.1, -0.05) is 24.3 Å². The summed E-state index contributed by atoms with van der Waals surface area (Å²) in [5.41, 5.74) is 1.47. The maximum Gasteiger partial charge on any atom is 0.416 e. The second kappa shape index (κ2) is 5.28. The number of aromatic amines is 1. The molecule has 0 saturated carbocycles. The molecule has 22 heavy (non-hydrogen) atoms. The van der Waals surface area contributed by atoms with Crippen molar-refractivity contribution in [2.24, 2.45) is 0 Å². The van der Waals surface area contributed by atoms with E-state index in [-0.39, 0.29) is 0 Å². The number of carbonyl (C=O) groups is 1. The highest BCUT2D eigenvalue weighted by Gasteiger charge is 2.30. The van der Waals surface area contributed by atoms with Crippen molar-refractivity contribution in [2.45, 2.75) is 6.18 Å². The molecule has 2 aromatic carbocycles. The first-order chi connectivity index (χ1) is 10.4. The van der Waals surface area contributed by atoms with Crippen molar-refractivity contribution in [3.05, 3.63) is 58.1 Å². The number of alkyl halides is 3. The molecule has 0 aliphatic heterocycles. The van der Waals surface area contributed by atoms with Crippen LogP contribution in [-0.2, 0) is 6.18 Å². The fourth-order valence-corrected chi connectivity index (χ4v) is 2.84. The van der Waals surface area contributed by atoms with Crippen molar-refractivity contribution in [3.63, 3.8) is 0 Å². The van der Waals surface area contributed by atoms with Gasteiger partial charge in [0.25, 0.3) is 0 Å². The van der Waals surface area contributed by atoms with E-state index in [1.54, 1.807) is 12.1 Å². The number of benzene rings is 2. The first-order valence-corrected chi connectivity index (χ1v) is 7.14. The highest BCUT2D eigenvalue weighted by molar-refractivity contribution is 9.10. The molecule has 0 aliphatic carbocycles. The zero-order valence-electron chi connectivity index (χ0n) is 11.0. The van der Waals surface area contributed by atoms with E-state index >= 15 is 0 Å². The van der Waals surface area contributed by atoms with Crippen molar-refractivity contribution in [3.8, 4) is 11.3 Å². The zero-order chi connectivity index (χ0) is 15.9. The first-order valence-electron chi connectivity index (χ1n) is 6.35. The fourth-order valence-electron chi connectivity index (χ4n) is 2.38. The van der Waals surface area contributed by atoms with E-state index in [2.05, 4.69) is 20.9 Å². The Morgan fingerprint density at radius 1 is 1.05 bits per heavy atom. The summed E-state index contributed by atoms with van der Waals surface area (Å²) in [6.45, 7) is 0. The number of H-pyrrole nitrogens is 1. The first kappa shape index (κ1) is 14.8. The van der Waals surface area contributed by atoms with Gasteiger partial charge in [-0.05, 0) is 39.7 Å². The predicted molar refractivity (Wildman–Crippen MR) is 81.8 cm³/mol. The standard InChI is InChI=1S/C16H9BrF3NO/c17-13-3-1-2-11-12(8-22)14(21-15(11)13)9-4-6-10(7-5-9)16(18,19)20/h1-8,21H. The molecule has 1 N–H and O–H groups in total. The number of nitrogens with one attached hydrogen (secondary N) is 1. The summed E-state index contributed by atoms with van der Waals surface area (Å²) in [7, 11) is 0. The summed E-state index contributed by atoms with van der Waals surface area (Å²) >= 11 is 3.39. The molecule has 1 heterocycles. The molecule has 3 aromatic rings. The minimum Gasteiger partial charge on any atom is -0.353 e. The van der Waals surface area contributed by atoms with Gasteiger partial charge in [-0.15, -0.1) is 0 Å². The number of halogens is 4. The van der Waals surface area contributed by atoms with Gasteiger partial charge in [0.05, 0.1) is 16.8 Å². The van der Waals surface area contributed by atoms with Crippen molar-refractivity contribution in [2.75, 3.05) is 0 Å². The van der Waals surface area contributed by atoms with E-state index < -0.39 is 11.7 Å². The number of rotatable bonds is 2. The SMILES string of the molecule is O=Cc1c(-c2ccc(C(F)(F)F)cc2)[nH]c2c(Br)cccc12. The van der Waals surface area contributed by atoms with Crippen LogP contribution in [0.25, 0.3) is 22.2 Å². The molecule has 6 heteroatoms. The van der Waals surface area contributed by atoms with Crippen molar-refractivity contribution >= 4 is 33.1 Å². The highest BCUT2D eigenvalue weighted by Crippen LogP contribution is 2.35. The van der Waals surface area contributed by atoms with E-state index in [0.717, 1.165) is 27.5 Å². The Hall–Kier alpha value is -2.08. The summed E-state index contributed by atoms with van der Waals surface area (Å²) in [6, 6.07) is 10.1. The molecule has 2 nitrogen and oxygen atoms in total. The van der Waals surface area contributed by atoms with Crippen LogP contribution >= 0.6 is 15.9 Å². The van der Waals surface area contributed by atoms with Crippen LogP contribution in [0.2, 0.25) is 0 Å². The zero-order valence-corrected chi connectivity index (χ0v) is 12.6. The van der Waals surface area contributed by atoms with Gasteiger partial charge in [-0.3, -0.25) is 4.79 Å². The Balaban J connectivity index is 2.18. The van der Waals surface area contributed by atoms with E-state index in [9.17, 15) is 18.0 Å². The quantitative estimate of drug-likeness (QED) is 0.602. The number of aromatic nitrogens is 1. The lowest BCUT2D eigenvalue weighted by molar-refractivity contribution is -0.137. The topological polar surface area (TPSA) is 32.9 Å². The Labute approximate surface area is 132 Å². The van der Waals surface area contributed by atoms with Crippen LogP contribution in [0.5, 0.6) is 0 Å². The molecular weight excluding hydrogens is 359 g/mol. The van der Waals surface area contributed by atoms with Gasteiger partial charge in [-0.2, -0.15) is 13.2 Å². The highest BCUT2D eigenvalue weighted by atomic mass is 79.9. The second-order valence-electron chi connectivity index (χ2n) is 4.77. The molecule has 0 spiro atoms. The lowest BCUT2D eigenvalue weighted by Crippen LogP contribution is -2.04. The Morgan fingerprint density at radius 3 is 2.32 bits per heavy atom. The molecular formula is C16H9BrF3NO. The van der Waals surface area contributed by atoms with Crippen LogP contribution < -0.4 is 0 Å². The van der Waals surface area contributed by atoms with Crippen molar-refractivity contribution in [1.29, 1.82) is 0 Å². The van der Waals surface area contributed by atoms with Crippen LogP contribution in [0.1, 0.15) is 15.9 Å². The number of aldehydes is 1. The number of carbonyl (C=O) groups excluding carboxylic acids is 1. The van der Waals surface area contributed by atoms with Crippen LogP contribution in [0.3, 0.4) is 0 Å². The summed E-state index contributed by atoms with van der Waals surface area (Å²) in [5, 5.41) is 0.722. The van der Waals surface area contributed by atoms with Crippen LogP contribution in [0.15, 0.2) is 46.9 Å². The number of fused-ring (bicyclic) bond motifs is 1. The normalized spacial score (nSPS) is 11.8. The van der Waals surface area contributed by atoms with Gasteiger partial charge in [0.1, 0.15) is 0 Å². The number of hydrogen-bond donors (Lipinski definition) is 1. The third-order valence-electron chi connectivity index (χ3n) is 3.44. The van der Waals surface area contributed by atoms with E-state index in [0.29, 0.717) is 23.1 Å². The van der Waals surface area contributed by atoms with Gasteiger partial charge in [0, 0.05) is 15.4 Å². The molecule has 1 aromatic heterocycles. The summed E-state index contributed by atoms with van der Waals surface area (Å²) in [5.74, 6) is 0. The maximum absolute atomic E-state index is 12.6. The van der Waals surface area contributed by atoms with Gasteiger partial charge in [-0.25, -0.2) is 0 Å². The van der Waals surface area contributed by atoms with E-state index in [4.69, 9.17) is 0 Å². The Kier molecular flexibility index (Phi) is 3.56. The lowest BCUT2D eigenvalue weighted by atomic mass is 10.0. The molecule has 0 fully saturated rings. The van der Waals surface area contributed by atoms with Gasteiger partial charge >= 0.3 is 6.18 Å². The average molecular weight is 368 g/mol. The van der Waals surface area contributed by atoms with Gasteiger partial charge in [0.2, 0.25) is 0 Å². The Morgan fingerprint density at radius 2 is 1.73 bits per heavy atom. The molecule has 112 valence electrons. The van der Waals surface area contributed by atoms with E-state index in [1.807, 2.05) is 6.07 Å². The Bertz CT molecular complexity index is 850. The van der Waals surface area contributed by atoms with Crippen LogP contribution in [-0.4, -0.2) is 11.3 Å². The summed E-state index contributed by atoms with van der Waals surface area (Å²) in [4.78, 5) is 14.5. The molecule has 0 saturated heterocycles. The third kappa shape index (κ3) is 2.43. The average Bonchev–Trinajstić information content (AvgIpc) is 2.86. The number of para-hydroxylation sites is 1.